The standard InChI is InChI=1S/3C6Br5.Sb/c3*7-2-1-3(8)5(10)6(11)4(2)9;. The minimum absolute atomic E-state index is 0.919. The molecule has 0 atom stereocenters. The van der Waals surface area contributed by atoms with Crippen LogP contribution in [0.5, 0.6) is 0 Å². The summed E-state index contributed by atoms with van der Waals surface area (Å²) in [5, 5.41) is 0. The van der Waals surface area contributed by atoms with Crippen LogP contribution in [-0.2, 0) is 0 Å². The molecule has 0 N–H and O–H groups in total. The molecule has 0 saturated heterocycles. The number of halogens is 15. The molecule has 0 saturated carbocycles. The maximum atomic E-state index is 3.90. The van der Waals surface area contributed by atoms with Gasteiger partial charge in [0.1, 0.15) is 0 Å². The normalized spacial score (nSPS) is 11.6. The van der Waals surface area contributed by atoms with Crippen molar-refractivity contribution >= 4 is 270 Å². The van der Waals surface area contributed by atoms with Crippen molar-refractivity contribution in [3.05, 3.63) is 67.1 Å². The Balaban J connectivity index is 2.68. The van der Waals surface area contributed by atoms with Crippen LogP contribution in [0.3, 0.4) is 0 Å². The third kappa shape index (κ3) is 6.30. The summed E-state index contributed by atoms with van der Waals surface area (Å²) < 4.78 is 17.7. The van der Waals surface area contributed by atoms with Crippen LogP contribution in [0, 0.1) is 0 Å². The fourth-order valence-corrected chi connectivity index (χ4v) is 28.9. The van der Waals surface area contributed by atoms with Crippen LogP contribution in [0.2, 0.25) is 0 Å². The van der Waals surface area contributed by atoms with E-state index < -0.39 is 20.2 Å². The molecule has 0 nitrogen and oxygen atoms in total. The fourth-order valence-electron chi connectivity index (χ4n) is 2.70. The molecule has 0 aliphatic heterocycles. The van der Waals surface area contributed by atoms with Gasteiger partial charge in [-0.1, -0.05) is 0 Å². The van der Waals surface area contributed by atoms with E-state index in [9.17, 15) is 0 Å². The van der Waals surface area contributed by atoms with Gasteiger partial charge in [0.15, 0.2) is 0 Å². The molecular weight excluding hydrogens is 1540 g/mol. The maximum absolute atomic E-state index is 3.90. The van der Waals surface area contributed by atoms with Crippen LogP contribution in [0.4, 0.5) is 0 Å². The zero-order valence-corrected chi connectivity index (χ0v) is 41.5. The van der Waals surface area contributed by atoms with Crippen LogP contribution < -0.4 is 10.5 Å². The van der Waals surface area contributed by atoms with E-state index in [0.29, 0.717) is 0 Å². The summed E-state index contributed by atoms with van der Waals surface area (Å²) in [7, 11) is 0. The average molecular weight is 1540 g/mol. The van der Waals surface area contributed by atoms with Crippen molar-refractivity contribution in [3.8, 4) is 0 Å². The Morgan fingerprint density at radius 2 is 0.324 bits per heavy atom. The van der Waals surface area contributed by atoms with Gasteiger partial charge in [0.25, 0.3) is 0 Å². The van der Waals surface area contributed by atoms with Gasteiger partial charge < -0.3 is 0 Å². The van der Waals surface area contributed by atoms with Crippen molar-refractivity contribution < 1.29 is 0 Å². The summed E-state index contributed by atoms with van der Waals surface area (Å²) in [5.74, 6) is 0. The first kappa shape index (κ1) is 34.2. The molecule has 0 radical (unpaired) electrons. The van der Waals surface area contributed by atoms with Crippen LogP contribution in [0.15, 0.2) is 67.1 Å². The summed E-state index contributed by atoms with van der Waals surface area (Å²) in [5.41, 5.74) is 0. The zero-order chi connectivity index (χ0) is 26.0. The van der Waals surface area contributed by atoms with Gasteiger partial charge in [-0.25, -0.2) is 0 Å². The molecule has 0 heterocycles. The van der Waals surface area contributed by atoms with E-state index in [0.717, 1.165) is 67.1 Å². The molecule has 34 heavy (non-hydrogen) atoms. The Morgan fingerprint density at radius 1 is 0.206 bits per heavy atom. The Kier molecular flexibility index (Phi) is 14.0. The molecule has 3 aromatic carbocycles. The Hall–Kier alpha value is 5.68. The second-order valence-electron chi connectivity index (χ2n) is 6.09. The predicted molar refractivity (Wildman–Crippen MR) is 199 cm³/mol. The molecular formula is C18Br15Sb. The first-order valence-corrected chi connectivity index (χ1v) is 23.7. The van der Waals surface area contributed by atoms with E-state index in [2.05, 4.69) is 239 Å². The SMILES string of the molecule is Brc1c(Br)c(Br)[c]([Sb]([c]2c(Br)c(Br)c(Br)c(Br)c2Br)[c]2c(Br)c(Br)c(Br)c(Br)c2Br)c(Br)c1Br. The minimum atomic E-state index is -2.94. The van der Waals surface area contributed by atoms with Gasteiger partial charge >= 0.3 is 337 Å². The van der Waals surface area contributed by atoms with Crippen LogP contribution >= 0.6 is 239 Å². The van der Waals surface area contributed by atoms with Gasteiger partial charge in [0.05, 0.1) is 0 Å². The molecule has 0 aliphatic rings. The topological polar surface area (TPSA) is 0 Å². The number of hydrogen-bond acceptors (Lipinski definition) is 0. The van der Waals surface area contributed by atoms with Crippen molar-refractivity contribution in [3.63, 3.8) is 0 Å². The van der Waals surface area contributed by atoms with E-state index in [1.54, 1.807) is 0 Å². The van der Waals surface area contributed by atoms with Gasteiger partial charge in [-0.2, -0.15) is 0 Å². The third-order valence-electron chi connectivity index (χ3n) is 4.23. The Morgan fingerprint density at radius 3 is 0.471 bits per heavy atom. The number of hydrogen-bond donors (Lipinski definition) is 0. The van der Waals surface area contributed by atoms with E-state index in [-0.39, 0.29) is 0 Å². The van der Waals surface area contributed by atoms with Gasteiger partial charge in [-0.3, -0.25) is 0 Å². The van der Waals surface area contributed by atoms with Gasteiger partial charge in [-0.15, -0.1) is 0 Å². The summed E-state index contributed by atoms with van der Waals surface area (Å²) in [6, 6.07) is 0. The molecule has 182 valence electrons. The molecule has 0 aliphatic carbocycles. The third-order valence-corrected chi connectivity index (χ3v) is 35.6. The molecule has 0 amide bonds. The van der Waals surface area contributed by atoms with Crippen LogP contribution in [0.1, 0.15) is 0 Å². The predicted octanol–water partition coefficient (Wildman–Crippen LogP) is 13.6. The average Bonchev–Trinajstić information content (AvgIpc) is 2.81. The van der Waals surface area contributed by atoms with E-state index in [1.807, 2.05) is 0 Å². The number of rotatable bonds is 3. The van der Waals surface area contributed by atoms with E-state index in [4.69, 9.17) is 0 Å². The molecule has 0 fully saturated rings. The molecule has 0 bridgehead atoms. The first-order valence-electron chi connectivity index (χ1n) is 8.01. The summed E-state index contributed by atoms with van der Waals surface area (Å²) in [6.45, 7) is 0. The molecule has 3 aromatic rings. The van der Waals surface area contributed by atoms with Gasteiger partial charge in [-0.05, 0) is 0 Å². The summed E-state index contributed by atoms with van der Waals surface area (Å²) in [4.78, 5) is 0. The van der Waals surface area contributed by atoms with Crippen molar-refractivity contribution in [1.29, 1.82) is 0 Å². The van der Waals surface area contributed by atoms with E-state index in [1.165, 1.54) is 10.5 Å². The van der Waals surface area contributed by atoms with Gasteiger partial charge in [0.2, 0.25) is 0 Å². The van der Waals surface area contributed by atoms with Crippen molar-refractivity contribution in [1.82, 2.24) is 0 Å². The fraction of sp³-hybridized carbons (Fsp3) is 0. The van der Waals surface area contributed by atoms with Crippen molar-refractivity contribution in [2.45, 2.75) is 0 Å². The number of benzene rings is 3. The molecule has 0 aromatic heterocycles. The van der Waals surface area contributed by atoms with Crippen LogP contribution in [-0.4, -0.2) is 20.2 Å². The first-order chi connectivity index (χ1) is 15.7. The van der Waals surface area contributed by atoms with E-state index >= 15 is 0 Å². The molecule has 16 heteroatoms. The Bertz CT molecular complexity index is 1110. The molecule has 0 unspecified atom stereocenters. The second-order valence-corrected chi connectivity index (χ2v) is 23.7. The zero-order valence-electron chi connectivity index (χ0n) is 15.1. The Labute approximate surface area is 329 Å². The summed E-state index contributed by atoms with van der Waals surface area (Å²) in [6.07, 6.45) is 0. The quantitative estimate of drug-likeness (QED) is 0.139. The second kappa shape index (κ2) is 14.0. The van der Waals surface area contributed by atoms with Crippen molar-refractivity contribution in [2.24, 2.45) is 0 Å². The van der Waals surface area contributed by atoms with Gasteiger partial charge in [0, 0.05) is 0 Å². The molecule has 0 spiro atoms. The monoisotopic (exact) mass is 1520 g/mol. The molecule has 3 rings (SSSR count). The summed E-state index contributed by atoms with van der Waals surface area (Å²) >= 11 is 54.2. The van der Waals surface area contributed by atoms with Crippen molar-refractivity contribution in [2.75, 3.05) is 0 Å². The van der Waals surface area contributed by atoms with Crippen LogP contribution in [0.25, 0.3) is 0 Å².